The number of hydrogen-bond acceptors (Lipinski definition) is 3. The van der Waals surface area contributed by atoms with Gasteiger partial charge >= 0.3 is 0 Å². The van der Waals surface area contributed by atoms with Crippen molar-refractivity contribution in [3.05, 3.63) is 20.3 Å². The maximum Gasteiger partial charge on any atom is 0.270 e. The Morgan fingerprint density at radius 1 is 1.56 bits per heavy atom. The molecule has 1 unspecified atom stereocenters. The smallest absolute Gasteiger partial charge is 0.270 e. The number of amides is 2. The molecule has 0 radical (unpaired) electrons. The first-order valence-electron chi connectivity index (χ1n) is 6.00. The van der Waals surface area contributed by atoms with Crippen molar-refractivity contribution in [2.45, 2.75) is 27.2 Å². The number of carbonyl (C=O) groups is 2. The number of rotatable bonds is 2. The second kappa shape index (κ2) is 5.13. The third kappa shape index (κ3) is 2.52. The van der Waals surface area contributed by atoms with Crippen LogP contribution in [0.3, 0.4) is 0 Å². The fourth-order valence-electron chi connectivity index (χ4n) is 2.08. The van der Waals surface area contributed by atoms with E-state index in [2.05, 4.69) is 29.8 Å². The Hall–Kier alpha value is -0.680. The largest absolute Gasteiger partial charge is 0.277 e. The maximum atomic E-state index is 12.3. The minimum Gasteiger partial charge on any atom is -0.277 e. The maximum absolute atomic E-state index is 12.3. The summed E-state index contributed by atoms with van der Waals surface area (Å²) < 4.78 is 0.956. The van der Waals surface area contributed by atoms with Gasteiger partial charge in [-0.3, -0.25) is 14.5 Å². The van der Waals surface area contributed by atoms with E-state index < -0.39 is 0 Å². The van der Waals surface area contributed by atoms with Crippen LogP contribution in [0.15, 0.2) is 9.85 Å². The first-order valence-corrected chi connectivity index (χ1v) is 7.61. The van der Waals surface area contributed by atoms with Gasteiger partial charge in [-0.25, -0.2) is 0 Å². The van der Waals surface area contributed by atoms with E-state index in [-0.39, 0.29) is 11.8 Å². The zero-order valence-electron chi connectivity index (χ0n) is 10.7. The average molecular weight is 330 g/mol. The molecule has 3 nitrogen and oxygen atoms in total. The van der Waals surface area contributed by atoms with E-state index in [0.717, 1.165) is 9.35 Å². The summed E-state index contributed by atoms with van der Waals surface area (Å²) in [4.78, 5) is 26.2. The van der Waals surface area contributed by atoms with Crippen LogP contribution in [-0.2, 0) is 4.79 Å². The molecule has 2 amide bonds. The molecule has 98 valence electrons. The van der Waals surface area contributed by atoms with Gasteiger partial charge in [-0.05, 0) is 46.3 Å². The molecule has 18 heavy (non-hydrogen) atoms. The van der Waals surface area contributed by atoms with Gasteiger partial charge in [0.15, 0.2) is 0 Å². The van der Waals surface area contributed by atoms with Crippen LogP contribution in [0.5, 0.6) is 0 Å². The highest BCUT2D eigenvalue weighted by molar-refractivity contribution is 9.11. The van der Waals surface area contributed by atoms with Gasteiger partial charge in [0.1, 0.15) is 0 Å². The first kappa shape index (κ1) is 13.7. The lowest BCUT2D eigenvalue weighted by atomic mass is 9.95. The van der Waals surface area contributed by atoms with Crippen LogP contribution in [0.2, 0.25) is 0 Å². The molecule has 0 aliphatic carbocycles. The van der Waals surface area contributed by atoms with Gasteiger partial charge in [0, 0.05) is 13.0 Å². The Balaban J connectivity index is 2.17. The van der Waals surface area contributed by atoms with Gasteiger partial charge in [0.25, 0.3) is 5.91 Å². The molecule has 0 N–H and O–H groups in total. The van der Waals surface area contributed by atoms with Crippen LogP contribution in [0.4, 0.5) is 0 Å². The number of halogens is 1. The zero-order valence-corrected chi connectivity index (χ0v) is 13.1. The van der Waals surface area contributed by atoms with Crippen LogP contribution < -0.4 is 0 Å². The fraction of sp³-hybridized carbons (Fsp3) is 0.538. The molecule has 0 saturated carbocycles. The number of aryl methyl sites for hydroxylation is 1. The predicted octanol–water partition coefficient (Wildman–Crippen LogP) is 3.46. The molecule has 0 spiro atoms. The highest BCUT2D eigenvalue weighted by Crippen LogP contribution is 2.31. The molecular weight excluding hydrogens is 314 g/mol. The topological polar surface area (TPSA) is 37.4 Å². The highest BCUT2D eigenvalue weighted by atomic mass is 79.9. The van der Waals surface area contributed by atoms with E-state index in [1.54, 1.807) is 0 Å². The van der Waals surface area contributed by atoms with Gasteiger partial charge in [0.05, 0.1) is 8.66 Å². The molecule has 2 rings (SSSR count). The normalized spacial score (nSPS) is 19.9. The van der Waals surface area contributed by atoms with Crippen LogP contribution >= 0.6 is 27.3 Å². The van der Waals surface area contributed by atoms with Gasteiger partial charge in [-0.2, -0.15) is 0 Å². The standard InChI is InChI=1S/C13H16BrNO2S/c1-7(2)9-5-11(16)15(6-9)13(17)10-4-8(3)12(14)18-10/h4,7,9H,5-6H2,1-3H3. The molecule has 0 bridgehead atoms. The predicted molar refractivity (Wildman–Crippen MR) is 75.7 cm³/mol. The SMILES string of the molecule is Cc1cc(C(=O)N2CC(C(C)C)CC2=O)sc1Br. The highest BCUT2D eigenvalue weighted by Gasteiger charge is 2.36. The fourth-order valence-corrected chi connectivity index (χ4v) is 3.56. The number of nitrogens with zero attached hydrogens (tertiary/aromatic N) is 1. The van der Waals surface area contributed by atoms with E-state index in [1.165, 1.54) is 16.2 Å². The van der Waals surface area contributed by atoms with E-state index >= 15 is 0 Å². The van der Waals surface area contributed by atoms with Crippen molar-refractivity contribution >= 4 is 39.1 Å². The summed E-state index contributed by atoms with van der Waals surface area (Å²) in [6, 6.07) is 1.84. The lowest BCUT2D eigenvalue weighted by Crippen LogP contribution is -2.32. The quantitative estimate of drug-likeness (QED) is 0.779. The molecular formula is C13H16BrNO2S. The Labute approximate surface area is 119 Å². The first-order chi connectivity index (χ1) is 8.40. The van der Waals surface area contributed by atoms with E-state index in [0.29, 0.717) is 29.7 Å². The van der Waals surface area contributed by atoms with Gasteiger partial charge < -0.3 is 0 Å². The Bertz CT molecular complexity index is 476. The molecule has 1 aromatic heterocycles. The van der Waals surface area contributed by atoms with E-state index in [4.69, 9.17) is 0 Å². The molecule has 1 aliphatic heterocycles. The van der Waals surface area contributed by atoms with Crippen molar-refractivity contribution in [2.24, 2.45) is 11.8 Å². The molecule has 1 atom stereocenters. The van der Waals surface area contributed by atoms with Crippen LogP contribution in [0, 0.1) is 18.8 Å². The van der Waals surface area contributed by atoms with Gasteiger partial charge in [-0.1, -0.05) is 13.8 Å². The van der Waals surface area contributed by atoms with E-state index in [1.807, 2.05) is 13.0 Å². The second-order valence-electron chi connectivity index (χ2n) is 5.09. The van der Waals surface area contributed by atoms with Gasteiger partial charge in [-0.15, -0.1) is 11.3 Å². The minimum atomic E-state index is -0.151. The second-order valence-corrected chi connectivity index (χ2v) is 7.46. The molecule has 0 aromatic carbocycles. The van der Waals surface area contributed by atoms with Crippen LogP contribution in [-0.4, -0.2) is 23.3 Å². The Kier molecular flexibility index (Phi) is 3.92. The number of imide groups is 1. The zero-order chi connectivity index (χ0) is 13.4. The molecule has 1 saturated heterocycles. The summed E-state index contributed by atoms with van der Waals surface area (Å²) in [5.41, 5.74) is 1.04. The van der Waals surface area contributed by atoms with E-state index in [9.17, 15) is 9.59 Å². The third-order valence-electron chi connectivity index (χ3n) is 3.41. The van der Waals surface area contributed by atoms with Crippen LogP contribution in [0.25, 0.3) is 0 Å². The van der Waals surface area contributed by atoms with Crippen molar-refractivity contribution in [1.82, 2.24) is 4.90 Å². The summed E-state index contributed by atoms with van der Waals surface area (Å²) >= 11 is 4.80. The summed E-state index contributed by atoms with van der Waals surface area (Å²) in [5.74, 6) is 0.539. The molecule has 1 aromatic rings. The van der Waals surface area contributed by atoms with Crippen molar-refractivity contribution in [2.75, 3.05) is 6.54 Å². The molecule has 5 heteroatoms. The summed E-state index contributed by atoms with van der Waals surface area (Å²) in [6.45, 7) is 6.69. The number of carbonyl (C=O) groups excluding carboxylic acids is 2. The molecule has 1 aliphatic rings. The van der Waals surface area contributed by atoms with Crippen LogP contribution in [0.1, 0.15) is 35.5 Å². The van der Waals surface area contributed by atoms with Crippen molar-refractivity contribution in [1.29, 1.82) is 0 Å². The Morgan fingerprint density at radius 2 is 2.22 bits per heavy atom. The minimum absolute atomic E-state index is 0.0409. The third-order valence-corrected chi connectivity index (χ3v) is 5.54. The number of likely N-dealkylation sites (tertiary alicyclic amines) is 1. The number of thiophene rings is 1. The van der Waals surface area contributed by atoms with Gasteiger partial charge in [0.2, 0.25) is 5.91 Å². The summed E-state index contributed by atoms with van der Waals surface area (Å²) in [5, 5.41) is 0. The average Bonchev–Trinajstić information content (AvgIpc) is 2.83. The number of hydrogen-bond donors (Lipinski definition) is 0. The summed E-state index contributed by atoms with van der Waals surface area (Å²) in [6.07, 6.45) is 0.495. The molecule has 1 fully saturated rings. The summed E-state index contributed by atoms with van der Waals surface area (Å²) in [7, 11) is 0. The lowest BCUT2D eigenvalue weighted by molar-refractivity contribution is -0.125. The van der Waals surface area contributed by atoms with Crippen molar-refractivity contribution < 1.29 is 9.59 Å². The van der Waals surface area contributed by atoms with Crippen molar-refractivity contribution in [3.63, 3.8) is 0 Å². The molecule has 2 heterocycles. The lowest BCUT2D eigenvalue weighted by Gasteiger charge is -2.15. The Morgan fingerprint density at radius 3 is 2.67 bits per heavy atom. The monoisotopic (exact) mass is 329 g/mol. The van der Waals surface area contributed by atoms with Crippen molar-refractivity contribution in [3.8, 4) is 0 Å².